The van der Waals surface area contributed by atoms with Gasteiger partial charge in [-0.05, 0) is 5.56 Å². The number of nitrogens with one attached hydrogen (secondary N) is 2. The van der Waals surface area contributed by atoms with Gasteiger partial charge in [0.1, 0.15) is 6.04 Å². The minimum Gasteiger partial charge on any atom is -0.480 e. The Kier molecular flexibility index (Phi) is 5.03. The van der Waals surface area contributed by atoms with Crippen LogP contribution in [-0.4, -0.2) is 40.2 Å². The Morgan fingerprint density at radius 3 is 2.65 bits per heavy atom. The lowest BCUT2D eigenvalue weighted by molar-refractivity contribution is -0.139. The largest absolute Gasteiger partial charge is 0.480 e. The van der Waals surface area contributed by atoms with Crippen molar-refractivity contribution in [3.05, 3.63) is 35.9 Å². The van der Waals surface area contributed by atoms with E-state index in [2.05, 4.69) is 10.6 Å². The molecule has 108 valence electrons. The lowest BCUT2D eigenvalue weighted by Gasteiger charge is -2.12. The van der Waals surface area contributed by atoms with E-state index in [4.69, 9.17) is 5.11 Å². The molecule has 1 heterocycles. The summed E-state index contributed by atoms with van der Waals surface area (Å²) in [7, 11) is 0. The van der Waals surface area contributed by atoms with E-state index in [0.717, 1.165) is 5.56 Å². The number of hydrogen-bond donors (Lipinski definition) is 3. The van der Waals surface area contributed by atoms with Gasteiger partial charge in [0.05, 0.1) is 11.8 Å². The van der Waals surface area contributed by atoms with E-state index in [1.54, 1.807) is 11.8 Å². The van der Waals surface area contributed by atoms with Crippen LogP contribution in [0.15, 0.2) is 30.3 Å². The highest BCUT2D eigenvalue weighted by Gasteiger charge is 2.35. The molecule has 0 aliphatic carbocycles. The molecule has 6 heteroatoms. The van der Waals surface area contributed by atoms with Gasteiger partial charge in [0.15, 0.2) is 0 Å². The van der Waals surface area contributed by atoms with Crippen LogP contribution in [0.3, 0.4) is 0 Å². The van der Waals surface area contributed by atoms with E-state index < -0.39 is 12.0 Å². The maximum absolute atomic E-state index is 11.8. The zero-order chi connectivity index (χ0) is 14.5. The summed E-state index contributed by atoms with van der Waals surface area (Å²) < 4.78 is 0. The fraction of sp³-hybridized carbons (Fsp3) is 0.429. The molecule has 0 bridgehead atoms. The number of amides is 1. The number of benzene rings is 1. The van der Waals surface area contributed by atoms with Crippen molar-refractivity contribution in [1.82, 2.24) is 10.6 Å². The Balaban J connectivity index is 1.76. The van der Waals surface area contributed by atoms with Gasteiger partial charge in [-0.25, -0.2) is 0 Å². The van der Waals surface area contributed by atoms with Gasteiger partial charge in [-0.2, -0.15) is 0 Å². The zero-order valence-electron chi connectivity index (χ0n) is 11.2. The van der Waals surface area contributed by atoms with Crippen LogP contribution in [-0.2, 0) is 16.0 Å². The quantitative estimate of drug-likeness (QED) is 0.750. The summed E-state index contributed by atoms with van der Waals surface area (Å²) in [6, 6.07) is 8.98. The second-order valence-corrected chi connectivity index (χ2v) is 6.36. The van der Waals surface area contributed by atoms with E-state index in [1.807, 2.05) is 37.3 Å². The molecule has 3 atom stereocenters. The van der Waals surface area contributed by atoms with Gasteiger partial charge >= 0.3 is 5.97 Å². The molecule has 2 rings (SSSR count). The summed E-state index contributed by atoms with van der Waals surface area (Å²) in [6.07, 6.45) is 0.343. The Morgan fingerprint density at radius 1 is 1.35 bits per heavy atom. The van der Waals surface area contributed by atoms with E-state index in [9.17, 15) is 9.59 Å². The van der Waals surface area contributed by atoms with Crippen LogP contribution in [0, 0.1) is 0 Å². The van der Waals surface area contributed by atoms with Crippen LogP contribution in [0.5, 0.6) is 0 Å². The van der Waals surface area contributed by atoms with E-state index in [-0.39, 0.29) is 16.5 Å². The van der Waals surface area contributed by atoms with Crippen LogP contribution in [0.4, 0.5) is 0 Å². The van der Waals surface area contributed by atoms with Gasteiger partial charge < -0.3 is 10.4 Å². The molecule has 1 aliphatic rings. The van der Waals surface area contributed by atoms with Crippen molar-refractivity contribution in [3.8, 4) is 0 Å². The standard InChI is InChI=1S/C14H18N2O3S/c1-9-13(14(18)19)16-12(20-9)8-15-11(17)7-10-5-3-2-4-6-10/h2-6,9,12-13,16H,7-8H2,1H3,(H,15,17)(H,18,19). The average molecular weight is 294 g/mol. The maximum atomic E-state index is 11.8. The summed E-state index contributed by atoms with van der Waals surface area (Å²) in [5.41, 5.74) is 0.966. The maximum Gasteiger partial charge on any atom is 0.321 e. The topological polar surface area (TPSA) is 78.4 Å². The molecule has 3 unspecified atom stereocenters. The van der Waals surface area contributed by atoms with Crippen molar-refractivity contribution < 1.29 is 14.7 Å². The lowest BCUT2D eigenvalue weighted by Crippen LogP contribution is -2.43. The van der Waals surface area contributed by atoms with Gasteiger partial charge in [0, 0.05) is 11.8 Å². The highest BCUT2D eigenvalue weighted by Crippen LogP contribution is 2.26. The summed E-state index contributed by atoms with van der Waals surface area (Å²) >= 11 is 1.54. The molecule has 1 fully saturated rings. The molecule has 1 amide bonds. The molecule has 0 aromatic heterocycles. The Hall–Kier alpha value is -1.53. The van der Waals surface area contributed by atoms with Crippen LogP contribution in [0.25, 0.3) is 0 Å². The molecule has 1 aromatic carbocycles. The predicted octanol–water partition coefficient (Wildman–Crippen LogP) is 0.849. The third-order valence-corrected chi connectivity index (χ3v) is 4.50. The highest BCUT2D eigenvalue weighted by atomic mass is 32.2. The summed E-state index contributed by atoms with van der Waals surface area (Å²) in [4.78, 5) is 22.8. The second-order valence-electron chi connectivity index (χ2n) is 4.78. The Labute approximate surface area is 122 Å². The monoisotopic (exact) mass is 294 g/mol. The Bertz CT molecular complexity index is 481. The molecular weight excluding hydrogens is 276 g/mol. The first-order chi connectivity index (χ1) is 9.56. The summed E-state index contributed by atoms with van der Waals surface area (Å²) in [5.74, 6) is -0.895. The number of thioether (sulfide) groups is 1. The molecule has 0 radical (unpaired) electrons. The SMILES string of the molecule is CC1SC(CNC(=O)Cc2ccccc2)NC1C(=O)O. The van der Waals surface area contributed by atoms with Crippen LogP contribution >= 0.6 is 11.8 Å². The van der Waals surface area contributed by atoms with Gasteiger partial charge in [-0.1, -0.05) is 37.3 Å². The molecule has 3 N–H and O–H groups in total. The van der Waals surface area contributed by atoms with Crippen LogP contribution in [0.2, 0.25) is 0 Å². The van der Waals surface area contributed by atoms with Crippen molar-refractivity contribution in [3.63, 3.8) is 0 Å². The first kappa shape index (κ1) is 14.9. The molecule has 20 heavy (non-hydrogen) atoms. The number of carboxylic acid groups (broad SMARTS) is 1. The minimum atomic E-state index is -0.844. The van der Waals surface area contributed by atoms with Crippen molar-refractivity contribution in [1.29, 1.82) is 0 Å². The number of carbonyl (C=O) groups excluding carboxylic acids is 1. The predicted molar refractivity (Wildman–Crippen MR) is 78.6 cm³/mol. The number of hydrogen-bond acceptors (Lipinski definition) is 4. The third-order valence-electron chi connectivity index (χ3n) is 3.17. The molecule has 1 aliphatic heterocycles. The number of aliphatic carboxylic acids is 1. The number of rotatable bonds is 5. The molecule has 1 saturated heterocycles. The molecule has 0 saturated carbocycles. The minimum absolute atomic E-state index is 0.00326. The molecule has 1 aromatic rings. The van der Waals surface area contributed by atoms with E-state index in [1.165, 1.54) is 0 Å². The smallest absolute Gasteiger partial charge is 0.321 e. The van der Waals surface area contributed by atoms with E-state index >= 15 is 0 Å². The van der Waals surface area contributed by atoms with E-state index in [0.29, 0.717) is 13.0 Å². The number of carbonyl (C=O) groups is 2. The first-order valence-electron chi connectivity index (χ1n) is 6.51. The number of carboxylic acids is 1. The van der Waals surface area contributed by atoms with Crippen molar-refractivity contribution >= 4 is 23.6 Å². The third kappa shape index (κ3) is 3.98. The second kappa shape index (κ2) is 6.76. The fourth-order valence-electron chi connectivity index (χ4n) is 2.14. The van der Waals surface area contributed by atoms with Gasteiger partial charge in [-0.15, -0.1) is 11.8 Å². The fourth-order valence-corrected chi connectivity index (χ4v) is 3.42. The van der Waals surface area contributed by atoms with Crippen LogP contribution in [0.1, 0.15) is 12.5 Å². The van der Waals surface area contributed by atoms with Gasteiger partial charge in [0.25, 0.3) is 0 Å². The molecule has 5 nitrogen and oxygen atoms in total. The summed E-state index contributed by atoms with van der Waals surface area (Å²) in [5, 5.41) is 14.8. The molecule has 0 spiro atoms. The summed E-state index contributed by atoms with van der Waals surface area (Å²) in [6.45, 7) is 2.31. The van der Waals surface area contributed by atoms with Gasteiger partial charge in [0.2, 0.25) is 5.91 Å². The van der Waals surface area contributed by atoms with Crippen molar-refractivity contribution in [2.75, 3.05) is 6.54 Å². The highest BCUT2D eigenvalue weighted by molar-refractivity contribution is 8.00. The van der Waals surface area contributed by atoms with Crippen LogP contribution < -0.4 is 10.6 Å². The average Bonchev–Trinajstić information content (AvgIpc) is 2.79. The van der Waals surface area contributed by atoms with Crippen molar-refractivity contribution in [2.24, 2.45) is 0 Å². The molecular formula is C14H18N2O3S. The zero-order valence-corrected chi connectivity index (χ0v) is 12.0. The normalized spacial score (nSPS) is 25.4. The Morgan fingerprint density at radius 2 is 2.05 bits per heavy atom. The van der Waals surface area contributed by atoms with Crippen molar-refractivity contribution in [2.45, 2.75) is 30.0 Å². The lowest BCUT2D eigenvalue weighted by atomic mass is 10.1. The first-order valence-corrected chi connectivity index (χ1v) is 7.45. The van der Waals surface area contributed by atoms with Gasteiger partial charge in [-0.3, -0.25) is 14.9 Å².